The van der Waals surface area contributed by atoms with Crippen molar-refractivity contribution in [1.29, 1.82) is 0 Å². The number of fused-ring (bicyclic) bond motifs is 2. The summed E-state index contributed by atoms with van der Waals surface area (Å²) in [5.74, 6) is 0.467. The molecule has 2 fully saturated rings. The van der Waals surface area contributed by atoms with Gasteiger partial charge in [-0.1, -0.05) is 19.9 Å². The molecular formula is C17H28O3. The fourth-order valence-electron chi connectivity index (χ4n) is 4.16. The molecule has 3 atom stereocenters. The van der Waals surface area contributed by atoms with E-state index in [2.05, 4.69) is 20.4 Å². The first-order valence-electron chi connectivity index (χ1n) is 7.61. The van der Waals surface area contributed by atoms with E-state index in [0.717, 1.165) is 19.3 Å². The van der Waals surface area contributed by atoms with Crippen LogP contribution in [-0.4, -0.2) is 24.3 Å². The summed E-state index contributed by atoms with van der Waals surface area (Å²) >= 11 is 0. The van der Waals surface area contributed by atoms with Gasteiger partial charge < -0.3 is 9.47 Å². The van der Waals surface area contributed by atoms with E-state index in [-0.39, 0.29) is 17.5 Å². The molecule has 114 valence electrons. The van der Waals surface area contributed by atoms with Gasteiger partial charge in [0, 0.05) is 0 Å². The molecule has 0 spiro atoms. The van der Waals surface area contributed by atoms with Crippen molar-refractivity contribution >= 4 is 5.97 Å². The minimum Gasteiger partial charge on any atom is -0.459 e. The van der Waals surface area contributed by atoms with Gasteiger partial charge >= 0.3 is 5.97 Å². The maximum atomic E-state index is 12.9. The Hall–Kier alpha value is -0.830. The molecule has 20 heavy (non-hydrogen) atoms. The molecule has 0 aromatic carbocycles. The summed E-state index contributed by atoms with van der Waals surface area (Å²) in [7, 11) is 0. The van der Waals surface area contributed by atoms with Crippen molar-refractivity contribution < 1.29 is 14.3 Å². The molecule has 0 aromatic rings. The minimum absolute atomic E-state index is 0.0379. The predicted molar refractivity (Wildman–Crippen MR) is 79.3 cm³/mol. The smallest absolute Gasteiger partial charge is 0.315 e. The average molecular weight is 280 g/mol. The SMILES string of the molecule is C=CCO[C@@H]1C[C@H]2CC[C@]1(C(=O)OC(C)(C)C)C2(C)C. The van der Waals surface area contributed by atoms with Gasteiger partial charge in [0.25, 0.3) is 0 Å². The zero-order valence-electron chi connectivity index (χ0n) is 13.5. The van der Waals surface area contributed by atoms with Crippen LogP contribution in [-0.2, 0) is 14.3 Å². The van der Waals surface area contributed by atoms with Gasteiger partial charge in [-0.05, 0) is 51.4 Å². The van der Waals surface area contributed by atoms with Crippen LogP contribution in [0.4, 0.5) is 0 Å². The molecule has 0 N–H and O–H groups in total. The summed E-state index contributed by atoms with van der Waals surface area (Å²) in [5, 5.41) is 0. The normalized spacial score (nSPS) is 35.0. The number of carbonyl (C=O) groups is 1. The second-order valence-electron chi connectivity index (χ2n) is 7.78. The summed E-state index contributed by atoms with van der Waals surface area (Å²) < 4.78 is 11.7. The third-order valence-electron chi connectivity index (χ3n) is 5.28. The van der Waals surface area contributed by atoms with Gasteiger partial charge in [-0.3, -0.25) is 4.79 Å². The van der Waals surface area contributed by atoms with E-state index in [1.54, 1.807) is 6.08 Å². The Bertz CT molecular complexity index is 405. The molecule has 0 aromatic heterocycles. The third-order valence-corrected chi connectivity index (χ3v) is 5.28. The number of ether oxygens (including phenoxy) is 2. The van der Waals surface area contributed by atoms with E-state index in [4.69, 9.17) is 9.47 Å². The lowest BCUT2D eigenvalue weighted by Gasteiger charge is -2.41. The van der Waals surface area contributed by atoms with Gasteiger partial charge in [0.2, 0.25) is 0 Å². The summed E-state index contributed by atoms with van der Waals surface area (Å²) in [6.45, 7) is 14.4. The van der Waals surface area contributed by atoms with E-state index in [1.807, 2.05) is 20.8 Å². The Kier molecular flexibility index (Phi) is 3.79. The Morgan fingerprint density at radius 1 is 1.40 bits per heavy atom. The maximum Gasteiger partial charge on any atom is 0.315 e. The lowest BCUT2D eigenvalue weighted by molar-refractivity contribution is -0.183. The Morgan fingerprint density at radius 2 is 2.05 bits per heavy atom. The second-order valence-corrected chi connectivity index (χ2v) is 7.78. The Morgan fingerprint density at radius 3 is 2.55 bits per heavy atom. The van der Waals surface area contributed by atoms with Gasteiger partial charge in [0.05, 0.1) is 18.1 Å². The second kappa shape index (κ2) is 4.87. The van der Waals surface area contributed by atoms with Crippen LogP contribution in [0.25, 0.3) is 0 Å². The van der Waals surface area contributed by atoms with Crippen molar-refractivity contribution in [2.75, 3.05) is 6.61 Å². The molecule has 0 heterocycles. The van der Waals surface area contributed by atoms with Crippen molar-refractivity contribution in [3.05, 3.63) is 12.7 Å². The van der Waals surface area contributed by atoms with Crippen molar-refractivity contribution in [2.24, 2.45) is 16.7 Å². The van der Waals surface area contributed by atoms with Crippen LogP contribution in [0, 0.1) is 16.7 Å². The number of hydrogen-bond acceptors (Lipinski definition) is 3. The Labute approximate surface area is 122 Å². The van der Waals surface area contributed by atoms with E-state index in [0.29, 0.717) is 12.5 Å². The zero-order valence-corrected chi connectivity index (χ0v) is 13.5. The average Bonchev–Trinajstić information content (AvgIpc) is 2.69. The minimum atomic E-state index is -0.492. The molecule has 0 amide bonds. The molecule has 0 aliphatic heterocycles. The zero-order chi connectivity index (χ0) is 15.2. The number of esters is 1. The van der Waals surface area contributed by atoms with Crippen LogP contribution < -0.4 is 0 Å². The quantitative estimate of drug-likeness (QED) is 0.581. The molecule has 2 bridgehead atoms. The van der Waals surface area contributed by atoms with Crippen LogP contribution in [0.15, 0.2) is 12.7 Å². The molecule has 0 radical (unpaired) electrons. The molecule has 2 rings (SSSR count). The van der Waals surface area contributed by atoms with Crippen molar-refractivity contribution in [3.63, 3.8) is 0 Å². The third kappa shape index (κ3) is 2.20. The van der Waals surface area contributed by atoms with Crippen LogP contribution >= 0.6 is 0 Å². The molecule has 2 aliphatic carbocycles. The Balaban J connectivity index is 2.30. The highest BCUT2D eigenvalue weighted by molar-refractivity contribution is 5.80. The van der Waals surface area contributed by atoms with Crippen LogP contribution in [0.5, 0.6) is 0 Å². The molecular weight excluding hydrogens is 252 g/mol. The lowest BCUT2D eigenvalue weighted by atomic mass is 9.68. The molecule has 2 aliphatic rings. The summed E-state index contributed by atoms with van der Waals surface area (Å²) in [6, 6.07) is 0. The maximum absolute atomic E-state index is 12.9. The highest BCUT2D eigenvalue weighted by Crippen LogP contribution is 2.67. The molecule has 0 saturated heterocycles. The topological polar surface area (TPSA) is 35.5 Å². The van der Waals surface area contributed by atoms with Crippen LogP contribution in [0.1, 0.15) is 53.9 Å². The molecule has 2 saturated carbocycles. The molecule has 3 nitrogen and oxygen atoms in total. The van der Waals surface area contributed by atoms with Gasteiger partial charge in [-0.25, -0.2) is 0 Å². The molecule has 0 unspecified atom stereocenters. The lowest BCUT2D eigenvalue weighted by Crippen LogP contribution is -2.49. The summed E-state index contributed by atoms with van der Waals surface area (Å²) in [5.41, 5.74) is -0.999. The van der Waals surface area contributed by atoms with Gasteiger partial charge in [0.15, 0.2) is 0 Å². The highest BCUT2D eigenvalue weighted by atomic mass is 16.6. The van der Waals surface area contributed by atoms with Gasteiger partial charge in [-0.15, -0.1) is 6.58 Å². The standard InChI is InChI=1S/C17H28O3/c1-7-10-19-13-11-12-8-9-17(13,16(12,5)6)14(18)20-15(2,3)4/h7,12-13H,1,8-11H2,2-6H3/t12-,13-,17+/m1/s1. The molecule has 3 heteroatoms. The van der Waals surface area contributed by atoms with Crippen LogP contribution in [0.3, 0.4) is 0 Å². The fourth-order valence-corrected chi connectivity index (χ4v) is 4.16. The monoisotopic (exact) mass is 280 g/mol. The predicted octanol–water partition coefficient (Wildman–Crippen LogP) is 3.73. The first-order chi connectivity index (χ1) is 9.15. The van der Waals surface area contributed by atoms with Crippen molar-refractivity contribution in [2.45, 2.75) is 65.6 Å². The number of rotatable bonds is 4. The van der Waals surface area contributed by atoms with E-state index in [9.17, 15) is 4.79 Å². The van der Waals surface area contributed by atoms with Gasteiger partial charge in [0.1, 0.15) is 5.60 Å². The van der Waals surface area contributed by atoms with Crippen molar-refractivity contribution in [3.8, 4) is 0 Å². The first-order valence-corrected chi connectivity index (χ1v) is 7.61. The van der Waals surface area contributed by atoms with Gasteiger partial charge in [-0.2, -0.15) is 0 Å². The van der Waals surface area contributed by atoms with E-state index in [1.165, 1.54) is 0 Å². The van der Waals surface area contributed by atoms with Crippen molar-refractivity contribution in [1.82, 2.24) is 0 Å². The number of carbonyl (C=O) groups excluding carboxylic acids is 1. The number of hydrogen-bond donors (Lipinski definition) is 0. The summed E-state index contributed by atoms with van der Waals surface area (Å²) in [6.07, 6.45) is 4.65. The van der Waals surface area contributed by atoms with E-state index < -0.39 is 11.0 Å². The summed E-state index contributed by atoms with van der Waals surface area (Å²) in [4.78, 5) is 12.9. The first kappa shape index (κ1) is 15.6. The van der Waals surface area contributed by atoms with Crippen LogP contribution in [0.2, 0.25) is 0 Å². The fraction of sp³-hybridized carbons (Fsp3) is 0.824. The highest BCUT2D eigenvalue weighted by Gasteiger charge is 2.69. The largest absolute Gasteiger partial charge is 0.459 e. The van der Waals surface area contributed by atoms with E-state index >= 15 is 0 Å².